The molecule has 1 fully saturated rings. The molecular weight excluding hydrogens is 262 g/mol. The summed E-state index contributed by atoms with van der Waals surface area (Å²) in [7, 11) is 1.56. The van der Waals surface area contributed by atoms with Gasteiger partial charge in [-0.2, -0.15) is 0 Å². The Balaban J connectivity index is 1.84. The lowest BCUT2D eigenvalue weighted by molar-refractivity contribution is -0.152. The van der Waals surface area contributed by atoms with Gasteiger partial charge in [-0.3, -0.25) is 4.79 Å². The molecule has 0 aliphatic heterocycles. The third-order valence-corrected chi connectivity index (χ3v) is 3.42. The molecule has 1 saturated carbocycles. The molecule has 0 heterocycles. The summed E-state index contributed by atoms with van der Waals surface area (Å²) in [6.07, 6.45) is 1.75. The summed E-state index contributed by atoms with van der Waals surface area (Å²) < 4.78 is 10.3. The van der Waals surface area contributed by atoms with E-state index in [1.165, 1.54) is 0 Å². The summed E-state index contributed by atoms with van der Waals surface area (Å²) in [5, 5.41) is 11.6. The minimum absolute atomic E-state index is 0.207. The number of rotatable bonds is 6. The minimum Gasteiger partial charge on any atom is -0.497 e. The highest BCUT2D eigenvalue weighted by Gasteiger charge is 2.45. The van der Waals surface area contributed by atoms with Gasteiger partial charge in [0.25, 0.3) is 5.91 Å². The Hall–Kier alpha value is -2.24. The Morgan fingerprint density at radius 2 is 1.85 bits per heavy atom. The first kappa shape index (κ1) is 14.2. The van der Waals surface area contributed by atoms with Crippen molar-refractivity contribution in [2.75, 3.05) is 13.7 Å². The molecule has 0 radical (unpaired) electrons. The van der Waals surface area contributed by atoms with Crippen molar-refractivity contribution in [1.29, 1.82) is 0 Å². The molecule has 0 spiro atoms. The molecule has 1 aromatic carbocycles. The van der Waals surface area contributed by atoms with E-state index >= 15 is 0 Å². The van der Waals surface area contributed by atoms with Gasteiger partial charge < -0.3 is 19.9 Å². The van der Waals surface area contributed by atoms with Gasteiger partial charge in [-0.15, -0.1) is 0 Å². The highest BCUT2D eigenvalue weighted by atomic mass is 16.5. The lowest BCUT2D eigenvalue weighted by atomic mass is 9.77. The fourth-order valence-electron chi connectivity index (χ4n) is 2.05. The van der Waals surface area contributed by atoms with E-state index in [9.17, 15) is 9.59 Å². The van der Waals surface area contributed by atoms with Crippen LogP contribution in [-0.4, -0.2) is 36.2 Å². The van der Waals surface area contributed by atoms with Crippen LogP contribution in [0.4, 0.5) is 0 Å². The van der Waals surface area contributed by atoms with E-state index in [0.29, 0.717) is 24.3 Å². The van der Waals surface area contributed by atoms with Crippen LogP contribution in [0.3, 0.4) is 0 Å². The molecule has 2 rings (SSSR count). The number of carbonyl (C=O) groups excluding carboxylic acids is 1. The van der Waals surface area contributed by atoms with Crippen LogP contribution < -0.4 is 14.8 Å². The van der Waals surface area contributed by atoms with Crippen molar-refractivity contribution in [3.05, 3.63) is 24.3 Å². The number of hydrogen-bond acceptors (Lipinski definition) is 4. The zero-order valence-corrected chi connectivity index (χ0v) is 11.2. The van der Waals surface area contributed by atoms with Crippen LogP contribution >= 0.6 is 0 Å². The number of carbonyl (C=O) groups is 2. The fourth-order valence-corrected chi connectivity index (χ4v) is 2.05. The average Bonchev–Trinajstić information content (AvgIpc) is 2.40. The van der Waals surface area contributed by atoms with Gasteiger partial charge in [-0.1, -0.05) is 0 Å². The predicted molar refractivity (Wildman–Crippen MR) is 70.8 cm³/mol. The molecule has 1 amide bonds. The van der Waals surface area contributed by atoms with Crippen molar-refractivity contribution in [2.24, 2.45) is 0 Å². The van der Waals surface area contributed by atoms with Crippen LogP contribution in [0.25, 0.3) is 0 Å². The van der Waals surface area contributed by atoms with Crippen molar-refractivity contribution >= 4 is 11.9 Å². The number of methoxy groups -OCH3 is 1. The average molecular weight is 279 g/mol. The maximum absolute atomic E-state index is 11.7. The summed E-state index contributed by atoms with van der Waals surface area (Å²) >= 11 is 0. The van der Waals surface area contributed by atoms with Crippen molar-refractivity contribution in [2.45, 2.75) is 24.8 Å². The Kier molecular flexibility index (Phi) is 4.12. The summed E-state index contributed by atoms with van der Waals surface area (Å²) in [6.45, 7) is -0.207. The number of nitrogens with one attached hydrogen (secondary N) is 1. The minimum atomic E-state index is -1.10. The van der Waals surface area contributed by atoms with Gasteiger partial charge in [0.1, 0.15) is 17.0 Å². The molecule has 0 aromatic heterocycles. The molecule has 0 unspecified atom stereocenters. The maximum atomic E-state index is 11.7. The summed E-state index contributed by atoms with van der Waals surface area (Å²) in [6, 6.07) is 6.81. The van der Waals surface area contributed by atoms with Gasteiger partial charge in [0.05, 0.1) is 7.11 Å². The summed E-state index contributed by atoms with van der Waals surface area (Å²) in [4.78, 5) is 22.8. The molecule has 1 aliphatic rings. The number of benzene rings is 1. The summed E-state index contributed by atoms with van der Waals surface area (Å²) in [5.41, 5.74) is -1.10. The normalized spacial score (nSPS) is 15.8. The van der Waals surface area contributed by atoms with E-state index in [-0.39, 0.29) is 6.61 Å². The van der Waals surface area contributed by atoms with Crippen molar-refractivity contribution in [3.63, 3.8) is 0 Å². The number of carboxylic acid groups (broad SMARTS) is 1. The lowest BCUT2D eigenvalue weighted by Crippen LogP contribution is -2.59. The van der Waals surface area contributed by atoms with Gasteiger partial charge in [0.15, 0.2) is 6.61 Å². The molecule has 108 valence electrons. The monoisotopic (exact) mass is 279 g/mol. The molecule has 0 bridgehead atoms. The fraction of sp³-hybridized carbons (Fsp3) is 0.429. The van der Waals surface area contributed by atoms with E-state index in [4.69, 9.17) is 14.6 Å². The van der Waals surface area contributed by atoms with Crippen LogP contribution in [0.15, 0.2) is 24.3 Å². The Labute approximate surface area is 116 Å². The lowest BCUT2D eigenvalue weighted by Gasteiger charge is -2.38. The largest absolute Gasteiger partial charge is 0.497 e. The van der Waals surface area contributed by atoms with Crippen LogP contribution in [-0.2, 0) is 9.59 Å². The first-order chi connectivity index (χ1) is 9.55. The third-order valence-electron chi connectivity index (χ3n) is 3.42. The second kappa shape index (κ2) is 5.81. The Bertz CT molecular complexity index is 493. The van der Waals surface area contributed by atoms with Gasteiger partial charge in [-0.05, 0) is 43.5 Å². The number of ether oxygens (including phenoxy) is 2. The quantitative estimate of drug-likeness (QED) is 0.817. The second-order valence-electron chi connectivity index (χ2n) is 4.75. The molecule has 6 nitrogen and oxygen atoms in total. The van der Waals surface area contributed by atoms with Crippen LogP contribution in [0, 0.1) is 0 Å². The predicted octanol–water partition coefficient (Wildman–Crippen LogP) is 1.20. The van der Waals surface area contributed by atoms with E-state index in [1.807, 2.05) is 0 Å². The maximum Gasteiger partial charge on any atom is 0.329 e. The molecule has 20 heavy (non-hydrogen) atoms. The van der Waals surface area contributed by atoms with Crippen molar-refractivity contribution in [1.82, 2.24) is 5.32 Å². The SMILES string of the molecule is COc1ccc(OCC(=O)NC2(C(=O)O)CCC2)cc1. The van der Waals surface area contributed by atoms with E-state index < -0.39 is 17.4 Å². The first-order valence-corrected chi connectivity index (χ1v) is 6.37. The topological polar surface area (TPSA) is 84.9 Å². The van der Waals surface area contributed by atoms with Crippen molar-refractivity contribution < 1.29 is 24.2 Å². The van der Waals surface area contributed by atoms with Gasteiger partial charge in [-0.25, -0.2) is 4.79 Å². The summed E-state index contributed by atoms with van der Waals surface area (Å²) in [5.74, 6) is -0.190. The van der Waals surface area contributed by atoms with E-state index in [1.54, 1.807) is 31.4 Å². The number of hydrogen-bond donors (Lipinski definition) is 2. The van der Waals surface area contributed by atoms with Crippen LogP contribution in [0.2, 0.25) is 0 Å². The number of amides is 1. The molecule has 1 aromatic rings. The Morgan fingerprint density at radius 1 is 1.25 bits per heavy atom. The smallest absolute Gasteiger partial charge is 0.329 e. The second-order valence-corrected chi connectivity index (χ2v) is 4.75. The highest BCUT2D eigenvalue weighted by Crippen LogP contribution is 2.31. The molecule has 0 atom stereocenters. The van der Waals surface area contributed by atoms with Crippen LogP contribution in [0.1, 0.15) is 19.3 Å². The molecule has 0 saturated heterocycles. The third kappa shape index (κ3) is 3.01. The first-order valence-electron chi connectivity index (χ1n) is 6.37. The van der Waals surface area contributed by atoms with Gasteiger partial charge in [0.2, 0.25) is 0 Å². The van der Waals surface area contributed by atoms with E-state index in [2.05, 4.69) is 5.32 Å². The van der Waals surface area contributed by atoms with E-state index in [0.717, 1.165) is 6.42 Å². The molecule has 2 N–H and O–H groups in total. The zero-order chi connectivity index (χ0) is 14.6. The molecule has 6 heteroatoms. The Morgan fingerprint density at radius 3 is 2.30 bits per heavy atom. The van der Waals surface area contributed by atoms with Crippen molar-refractivity contribution in [3.8, 4) is 11.5 Å². The van der Waals surface area contributed by atoms with Gasteiger partial charge >= 0.3 is 5.97 Å². The number of carboxylic acids is 1. The molecular formula is C14H17NO5. The zero-order valence-electron chi connectivity index (χ0n) is 11.2. The molecule has 1 aliphatic carbocycles. The standard InChI is InChI=1S/C14H17NO5/c1-19-10-3-5-11(6-4-10)20-9-12(16)15-14(13(17)18)7-2-8-14/h3-6H,2,7-9H2,1H3,(H,15,16)(H,17,18). The number of aliphatic carboxylic acids is 1. The highest BCUT2D eigenvalue weighted by molar-refractivity contribution is 5.88. The van der Waals surface area contributed by atoms with Crippen LogP contribution in [0.5, 0.6) is 11.5 Å². The van der Waals surface area contributed by atoms with Gasteiger partial charge in [0, 0.05) is 0 Å².